The van der Waals surface area contributed by atoms with E-state index >= 15 is 0 Å². The molecule has 0 unspecified atom stereocenters. The number of carbonyl (C=O) groups is 1. The Bertz CT molecular complexity index is 668. The van der Waals surface area contributed by atoms with Gasteiger partial charge in [0.05, 0.1) is 18.7 Å². The third-order valence-electron chi connectivity index (χ3n) is 4.28. The molecule has 1 aliphatic rings. The number of para-hydroxylation sites is 1. The van der Waals surface area contributed by atoms with Crippen molar-refractivity contribution in [2.45, 2.75) is 26.7 Å². The maximum absolute atomic E-state index is 12.2. The number of rotatable bonds is 6. The van der Waals surface area contributed by atoms with Crippen LogP contribution in [0.3, 0.4) is 0 Å². The van der Waals surface area contributed by atoms with Gasteiger partial charge < -0.3 is 10.1 Å². The summed E-state index contributed by atoms with van der Waals surface area (Å²) in [5.41, 5.74) is 2.13. The lowest BCUT2D eigenvalue weighted by molar-refractivity contribution is -0.126. The summed E-state index contributed by atoms with van der Waals surface area (Å²) in [6.45, 7) is 5.54. The van der Waals surface area contributed by atoms with E-state index in [4.69, 9.17) is 4.74 Å². The fourth-order valence-corrected chi connectivity index (χ4v) is 3.87. The highest BCUT2D eigenvalue weighted by Gasteiger charge is 2.29. The number of ether oxygens (including phenoxy) is 1. The Balaban J connectivity index is 1.79. The Hall–Kier alpha value is -1.60. The van der Waals surface area contributed by atoms with Crippen molar-refractivity contribution < 1.29 is 17.9 Å². The summed E-state index contributed by atoms with van der Waals surface area (Å²) in [4.78, 5) is 12.2. The second-order valence-corrected chi connectivity index (χ2v) is 8.30. The van der Waals surface area contributed by atoms with E-state index < -0.39 is 10.0 Å². The molecule has 1 aromatic carbocycles. The normalized spacial score (nSPS) is 19.0. The molecule has 0 bridgehead atoms. The molecule has 6 nitrogen and oxygen atoms in total. The van der Waals surface area contributed by atoms with Crippen LogP contribution in [0, 0.1) is 19.8 Å². The summed E-state index contributed by atoms with van der Waals surface area (Å²) in [5, 5.41) is 2.85. The molecule has 1 heterocycles. The van der Waals surface area contributed by atoms with E-state index in [2.05, 4.69) is 5.32 Å². The first-order chi connectivity index (χ1) is 11.3. The molecular formula is C17H26N2O4S. The van der Waals surface area contributed by atoms with Gasteiger partial charge in [0.1, 0.15) is 12.4 Å². The molecule has 1 amide bonds. The largest absolute Gasteiger partial charge is 0.491 e. The fraction of sp³-hybridized carbons (Fsp3) is 0.588. The Kier molecular flexibility index (Phi) is 6.23. The molecule has 1 aliphatic heterocycles. The molecule has 1 saturated heterocycles. The standard InChI is InChI=1S/C17H26N2O4S/c1-13-6-4-7-14(2)16(13)23-11-9-18-17(20)15-8-5-10-19(12-15)24(3,21)22/h4,6-7,15H,5,8-12H2,1-3H3,(H,18,20)/t15-/m0/s1. The second kappa shape index (κ2) is 7.98. The number of benzene rings is 1. The molecule has 0 saturated carbocycles. The van der Waals surface area contributed by atoms with Crippen molar-refractivity contribution in [2.24, 2.45) is 5.92 Å². The molecule has 1 aromatic rings. The molecule has 1 N–H and O–H groups in total. The number of carbonyl (C=O) groups excluding carboxylic acids is 1. The predicted molar refractivity (Wildman–Crippen MR) is 93.6 cm³/mol. The highest BCUT2D eigenvalue weighted by Crippen LogP contribution is 2.22. The minimum absolute atomic E-state index is 0.103. The summed E-state index contributed by atoms with van der Waals surface area (Å²) in [7, 11) is -3.23. The van der Waals surface area contributed by atoms with Crippen molar-refractivity contribution >= 4 is 15.9 Å². The van der Waals surface area contributed by atoms with Crippen LogP contribution in [-0.2, 0) is 14.8 Å². The zero-order valence-corrected chi connectivity index (χ0v) is 15.4. The highest BCUT2D eigenvalue weighted by molar-refractivity contribution is 7.88. The Morgan fingerprint density at radius 2 is 2.00 bits per heavy atom. The van der Waals surface area contributed by atoms with Gasteiger partial charge in [-0.2, -0.15) is 0 Å². The lowest BCUT2D eigenvalue weighted by atomic mass is 9.99. The summed E-state index contributed by atoms with van der Waals surface area (Å²) >= 11 is 0. The minimum atomic E-state index is -3.23. The quantitative estimate of drug-likeness (QED) is 0.785. The van der Waals surface area contributed by atoms with Crippen LogP contribution in [0.1, 0.15) is 24.0 Å². The Morgan fingerprint density at radius 3 is 2.62 bits per heavy atom. The van der Waals surface area contributed by atoms with E-state index in [1.54, 1.807) is 0 Å². The van der Waals surface area contributed by atoms with Crippen molar-refractivity contribution in [3.05, 3.63) is 29.3 Å². The monoisotopic (exact) mass is 354 g/mol. The van der Waals surface area contributed by atoms with Crippen LogP contribution in [-0.4, -0.2) is 51.1 Å². The number of amides is 1. The van der Waals surface area contributed by atoms with E-state index in [9.17, 15) is 13.2 Å². The number of hydrogen-bond donors (Lipinski definition) is 1. The molecule has 0 aromatic heterocycles. The van der Waals surface area contributed by atoms with Crippen molar-refractivity contribution in [1.29, 1.82) is 0 Å². The van der Waals surface area contributed by atoms with E-state index in [0.29, 0.717) is 26.1 Å². The van der Waals surface area contributed by atoms with Crippen LogP contribution < -0.4 is 10.1 Å². The van der Waals surface area contributed by atoms with Gasteiger partial charge in [0.25, 0.3) is 0 Å². The fourth-order valence-electron chi connectivity index (χ4n) is 2.96. The summed E-state index contributed by atoms with van der Waals surface area (Å²) in [6, 6.07) is 5.96. The molecule has 134 valence electrons. The van der Waals surface area contributed by atoms with E-state index in [0.717, 1.165) is 23.3 Å². The lowest BCUT2D eigenvalue weighted by Crippen LogP contribution is -2.45. The molecule has 7 heteroatoms. The molecule has 0 spiro atoms. The predicted octanol–water partition coefficient (Wildman–Crippen LogP) is 1.47. The number of hydrogen-bond acceptors (Lipinski definition) is 4. The van der Waals surface area contributed by atoms with Gasteiger partial charge in [-0.15, -0.1) is 0 Å². The maximum atomic E-state index is 12.2. The number of nitrogens with zero attached hydrogens (tertiary/aromatic N) is 1. The number of piperidine rings is 1. The summed E-state index contributed by atoms with van der Waals surface area (Å²) in [5.74, 6) is 0.467. The molecule has 1 fully saturated rings. The molecular weight excluding hydrogens is 328 g/mol. The average molecular weight is 354 g/mol. The smallest absolute Gasteiger partial charge is 0.224 e. The maximum Gasteiger partial charge on any atom is 0.224 e. The van der Waals surface area contributed by atoms with Crippen LogP contribution in [0.25, 0.3) is 0 Å². The topological polar surface area (TPSA) is 75.7 Å². The SMILES string of the molecule is Cc1cccc(C)c1OCCNC(=O)[C@H]1CCCN(S(C)(=O)=O)C1. The molecule has 2 rings (SSSR count). The zero-order chi connectivity index (χ0) is 17.7. The lowest BCUT2D eigenvalue weighted by Gasteiger charge is -2.30. The van der Waals surface area contributed by atoms with Crippen molar-refractivity contribution in [3.8, 4) is 5.75 Å². The molecule has 0 radical (unpaired) electrons. The van der Waals surface area contributed by atoms with Gasteiger partial charge >= 0.3 is 0 Å². The third-order valence-corrected chi connectivity index (χ3v) is 5.55. The zero-order valence-electron chi connectivity index (χ0n) is 14.5. The average Bonchev–Trinajstić information content (AvgIpc) is 2.53. The number of sulfonamides is 1. The van der Waals surface area contributed by atoms with Gasteiger partial charge in [-0.1, -0.05) is 18.2 Å². The van der Waals surface area contributed by atoms with Gasteiger partial charge in [-0.25, -0.2) is 12.7 Å². The van der Waals surface area contributed by atoms with Crippen molar-refractivity contribution in [2.75, 3.05) is 32.5 Å². The van der Waals surface area contributed by atoms with Gasteiger partial charge in [0.2, 0.25) is 15.9 Å². The van der Waals surface area contributed by atoms with E-state index in [-0.39, 0.29) is 18.4 Å². The van der Waals surface area contributed by atoms with E-state index in [1.165, 1.54) is 10.6 Å². The van der Waals surface area contributed by atoms with Gasteiger partial charge in [0, 0.05) is 13.1 Å². The second-order valence-electron chi connectivity index (χ2n) is 6.32. The van der Waals surface area contributed by atoms with Crippen LogP contribution in [0.15, 0.2) is 18.2 Å². The molecule has 0 aliphatic carbocycles. The first-order valence-electron chi connectivity index (χ1n) is 8.21. The van der Waals surface area contributed by atoms with Crippen LogP contribution in [0.5, 0.6) is 5.75 Å². The summed E-state index contributed by atoms with van der Waals surface area (Å²) in [6.07, 6.45) is 2.62. The molecule has 24 heavy (non-hydrogen) atoms. The van der Waals surface area contributed by atoms with Crippen molar-refractivity contribution in [3.63, 3.8) is 0 Å². The van der Waals surface area contributed by atoms with Crippen LogP contribution >= 0.6 is 0 Å². The van der Waals surface area contributed by atoms with Crippen molar-refractivity contribution in [1.82, 2.24) is 9.62 Å². The van der Waals surface area contributed by atoms with Gasteiger partial charge in [-0.05, 0) is 37.8 Å². The Morgan fingerprint density at radius 1 is 1.33 bits per heavy atom. The first kappa shape index (κ1) is 18.7. The third kappa shape index (κ3) is 4.95. The summed E-state index contributed by atoms with van der Waals surface area (Å²) < 4.78 is 30.4. The number of aryl methyl sites for hydroxylation is 2. The van der Waals surface area contributed by atoms with Gasteiger partial charge in [0.15, 0.2) is 0 Å². The van der Waals surface area contributed by atoms with Gasteiger partial charge in [-0.3, -0.25) is 4.79 Å². The molecule has 1 atom stereocenters. The highest BCUT2D eigenvalue weighted by atomic mass is 32.2. The van der Waals surface area contributed by atoms with Crippen LogP contribution in [0.2, 0.25) is 0 Å². The Labute approximate surface area is 144 Å². The first-order valence-corrected chi connectivity index (χ1v) is 10.1. The van der Waals surface area contributed by atoms with Crippen LogP contribution in [0.4, 0.5) is 0 Å². The minimum Gasteiger partial charge on any atom is -0.491 e. The van der Waals surface area contributed by atoms with E-state index in [1.807, 2.05) is 32.0 Å². The number of nitrogens with one attached hydrogen (secondary N) is 1.